The number of hydrogen-bond donors (Lipinski definition) is 0. The van der Waals surface area contributed by atoms with Gasteiger partial charge in [-0.3, -0.25) is 9.98 Å². The third kappa shape index (κ3) is 9.60. The van der Waals surface area contributed by atoms with Crippen molar-refractivity contribution in [2.75, 3.05) is 0 Å². The number of aryl methyl sites for hydroxylation is 4. The maximum atomic E-state index is 4.80. The molecule has 0 heterocycles. The van der Waals surface area contributed by atoms with Crippen LogP contribution in [0.5, 0.6) is 0 Å². The van der Waals surface area contributed by atoms with E-state index in [4.69, 9.17) is 9.98 Å². The maximum absolute atomic E-state index is 4.80. The normalized spacial score (nSPS) is 15.3. The summed E-state index contributed by atoms with van der Waals surface area (Å²) < 4.78 is 0. The van der Waals surface area contributed by atoms with Gasteiger partial charge in [0.1, 0.15) is 0 Å². The second-order valence-electron chi connectivity index (χ2n) is 9.66. The van der Waals surface area contributed by atoms with Crippen molar-refractivity contribution in [3.8, 4) is 0 Å². The van der Waals surface area contributed by atoms with E-state index in [1.54, 1.807) is 0 Å². The topological polar surface area (TPSA) is 24.7 Å². The van der Waals surface area contributed by atoms with Crippen LogP contribution in [0.25, 0.3) is 0 Å². The van der Waals surface area contributed by atoms with Gasteiger partial charge in [-0.2, -0.15) is 48.5 Å². The summed E-state index contributed by atoms with van der Waals surface area (Å²) in [6.07, 6.45) is 6.83. The monoisotopic (exact) mass is 750 g/mol. The van der Waals surface area contributed by atoms with Crippen LogP contribution in [0.1, 0.15) is 59.1 Å². The molecule has 2 nitrogen and oxygen atoms in total. The van der Waals surface area contributed by atoms with E-state index in [1.807, 2.05) is 12.1 Å². The van der Waals surface area contributed by atoms with E-state index in [2.05, 4.69) is 154 Å². The van der Waals surface area contributed by atoms with E-state index < -0.39 is 0 Å². The van der Waals surface area contributed by atoms with Gasteiger partial charge in [0.15, 0.2) is 0 Å². The van der Waals surface area contributed by atoms with Crippen LogP contribution in [0.3, 0.4) is 0 Å². The summed E-state index contributed by atoms with van der Waals surface area (Å²) in [5, 5.41) is 0. The van der Waals surface area contributed by atoms with Gasteiger partial charge >= 0.3 is 55.4 Å². The Bertz CT molecular complexity index is 1290. The molecule has 0 amide bonds. The molecule has 6 heteroatoms. The molecule has 0 saturated carbocycles. The first-order valence-corrected chi connectivity index (χ1v) is 17.2. The number of fused-ring (bicyclic) bond motifs is 2. The van der Waals surface area contributed by atoms with E-state index >= 15 is 0 Å². The first-order valence-electron chi connectivity index (χ1n) is 13.2. The molecule has 0 unspecified atom stereocenters. The van der Waals surface area contributed by atoms with E-state index in [0.717, 1.165) is 37.1 Å². The first-order chi connectivity index (χ1) is 19.7. The second kappa shape index (κ2) is 17.8. The van der Waals surface area contributed by atoms with Crippen molar-refractivity contribution >= 4 is 41.9 Å². The van der Waals surface area contributed by atoms with Gasteiger partial charge in [-0.1, -0.05) is 61.1 Å². The quantitative estimate of drug-likeness (QED) is 0.144. The SMILES string of the molecule is Cc1ccc(N=C2CCCc3c[c-]ccc32)cc1.Cc1ccc(N=C2CCCc3c[c-]ccc32)cc1.[Cl][Pd+].[Cl][Pd+]. The Labute approximate surface area is 269 Å². The summed E-state index contributed by atoms with van der Waals surface area (Å²) in [5.74, 6) is 0. The van der Waals surface area contributed by atoms with E-state index in [0.29, 0.717) is 0 Å². The number of rotatable bonds is 2. The third-order valence-electron chi connectivity index (χ3n) is 6.84. The standard InChI is InChI=1S/2C17H16N.2ClH.2Pd/c2*1-13-9-11-15(12-10-13)18-17-8-4-6-14-5-2-3-7-16(14)17;;;;/h2*3,5,7,9-12H,4,6,8H2,1H3;2*1H;;/q2*-1;;;2*+2/p-2. The van der Waals surface area contributed by atoms with Crippen molar-refractivity contribution in [1.82, 2.24) is 0 Å². The van der Waals surface area contributed by atoms with Crippen molar-refractivity contribution in [1.29, 1.82) is 0 Å². The Morgan fingerprint density at radius 3 is 1.30 bits per heavy atom. The molecule has 0 N–H and O–H groups in total. The summed E-state index contributed by atoms with van der Waals surface area (Å²) in [5.41, 5.74) is 12.5. The van der Waals surface area contributed by atoms with Crippen molar-refractivity contribution in [2.24, 2.45) is 9.98 Å². The van der Waals surface area contributed by atoms with Crippen LogP contribution >= 0.6 is 19.1 Å². The molecule has 0 atom stereocenters. The average Bonchev–Trinajstić information content (AvgIpc) is 3.02. The molecule has 212 valence electrons. The van der Waals surface area contributed by atoms with Gasteiger partial charge in [-0.25, -0.2) is 0 Å². The Morgan fingerprint density at radius 1 is 0.550 bits per heavy atom. The average molecular weight is 752 g/mol. The predicted octanol–water partition coefficient (Wildman–Crippen LogP) is 9.88. The number of aliphatic imine (C=N–C) groups is 2. The molecule has 0 saturated heterocycles. The fourth-order valence-corrected chi connectivity index (χ4v) is 4.85. The fraction of sp³-hybridized carbons (Fsp3) is 0.235. The summed E-state index contributed by atoms with van der Waals surface area (Å²) >= 11 is 4.44. The predicted molar refractivity (Wildman–Crippen MR) is 163 cm³/mol. The minimum absolute atomic E-state index is 1.05. The van der Waals surface area contributed by atoms with Crippen LogP contribution in [0, 0.1) is 26.0 Å². The van der Waals surface area contributed by atoms with Crippen molar-refractivity contribution in [3.63, 3.8) is 0 Å². The Kier molecular flexibility index (Phi) is 14.5. The molecule has 0 aliphatic heterocycles. The second-order valence-corrected chi connectivity index (χ2v) is 9.66. The first kappa shape index (κ1) is 32.6. The summed E-state index contributed by atoms with van der Waals surface area (Å²) in [6.45, 7) is 4.20. The summed E-state index contributed by atoms with van der Waals surface area (Å²) in [6, 6.07) is 35.6. The number of nitrogens with zero attached hydrogens (tertiary/aromatic N) is 2. The molecule has 0 bridgehead atoms. The van der Waals surface area contributed by atoms with Crippen LogP contribution in [0.15, 0.2) is 94.9 Å². The van der Waals surface area contributed by atoms with Crippen molar-refractivity contribution in [3.05, 3.63) is 130 Å². The molecule has 0 fully saturated rings. The molecular formula is C34H32Cl2N2Pd2. The summed E-state index contributed by atoms with van der Waals surface area (Å²) in [4.78, 5) is 9.61. The van der Waals surface area contributed by atoms with E-state index in [1.165, 1.54) is 57.6 Å². The summed E-state index contributed by atoms with van der Waals surface area (Å²) in [7, 11) is 8.98. The molecule has 2 aliphatic carbocycles. The van der Waals surface area contributed by atoms with Crippen LogP contribution in [-0.2, 0) is 49.2 Å². The fourth-order valence-electron chi connectivity index (χ4n) is 4.85. The zero-order chi connectivity index (χ0) is 28.7. The molecular weight excluding hydrogens is 720 g/mol. The van der Waals surface area contributed by atoms with Gasteiger partial charge in [-0.05, 0) is 51.0 Å². The molecule has 6 rings (SSSR count). The number of hydrogen-bond acceptors (Lipinski definition) is 2. The van der Waals surface area contributed by atoms with Gasteiger partial charge in [0.2, 0.25) is 0 Å². The molecule has 4 aromatic carbocycles. The van der Waals surface area contributed by atoms with Gasteiger partial charge in [0.05, 0.1) is 11.4 Å². The van der Waals surface area contributed by atoms with Crippen LogP contribution < -0.4 is 0 Å². The molecule has 0 radical (unpaired) electrons. The molecule has 40 heavy (non-hydrogen) atoms. The van der Waals surface area contributed by atoms with Gasteiger partial charge in [0.25, 0.3) is 0 Å². The van der Waals surface area contributed by atoms with Gasteiger partial charge in [-0.15, -0.1) is 22.3 Å². The van der Waals surface area contributed by atoms with Crippen molar-refractivity contribution < 1.29 is 36.4 Å². The molecule has 2 aliphatic rings. The number of halogens is 2. The molecule has 0 aromatic heterocycles. The van der Waals surface area contributed by atoms with Gasteiger partial charge in [0, 0.05) is 11.4 Å². The Balaban J connectivity index is 0.000000196. The van der Waals surface area contributed by atoms with Crippen LogP contribution in [0.4, 0.5) is 11.4 Å². The molecule has 0 spiro atoms. The number of benzene rings is 4. The van der Waals surface area contributed by atoms with Gasteiger partial charge < -0.3 is 0 Å². The third-order valence-corrected chi connectivity index (χ3v) is 6.84. The Hall–Kier alpha value is -1.88. The molecule has 4 aromatic rings. The Morgan fingerprint density at radius 2 is 0.925 bits per heavy atom. The van der Waals surface area contributed by atoms with Crippen molar-refractivity contribution in [2.45, 2.75) is 52.4 Å². The zero-order valence-electron chi connectivity index (χ0n) is 22.6. The van der Waals surface area contributed by atoms with E-state index in [9.17, 15) is 0 Å². The zero-order valence-corrected chi connectivity index (χ0v) is 27.2. The van der Waals surface area contributed by atoms with E-state index in [-0.39, 0.29) is 0 Å². The van der Waals surface area contributed by atoms with Crippen LogP contribution in [-0.4, -0.2) is 11.4 Å². The minimum atomic E-state index is 1.05. The van der Waals surface area contributed by atoms with Crippen LogP contribution in [0.2, 0.25) is 0 Å².